The zero-order valence-electron chi connectivity index (χ0n) is 40.1. The summed E-state index contributed by atoms with van der Waals surface area (Å²) in [6, 6.07) is -0.759. The van der Waals surface area contributed by atoms with Gasteiger partial charge in [-0.3, -0.25) is 9.59 Å². The van der Waals surface area contributed by atoms with Crippen LogP contribution < -0.4 is 5.32 Å². The van der Waals surface area contributed by atoms with Gasteiger partial charge in [-0.05, 0) is 38.5 Å². The number of ether oxygens (including phenoxy) is 1. The molecule has 0 spiro atoms. The van der Waals surface area contributed by atoms with E-state index in [-0.39, 0.29) is 31.3 Å². The van der Waals surface area contributed by atoms with E-state index in [1.807, 2.05) is 115 Å². The number of hydrogen-bond donors (Lipinski definition) is 3. The van der Waals surface area contributed by atoms with Crippen molar-refractivity contribution in [3.8, 4) is 0 Å². The van der Waals surface area contributed by atoms with Crippen LogP contribution in [-0.2, 0) is 14.3 Å². The lowest BCUT2D eigenvalue weighted by molar-refractivity contribution is -0.150. The first kappa shape index (κ1) is 59.0. The average Bonchev–Trinajstić information content (AvgIpc) is 3.28. The van der Waals surface area contributed by atoms with E-state index in [0.29, 0.717) is 19.3 Å². The third-order valence-electron chi connectivity index (χ3n) is 10.5. The topological polar surface area (TPSA) is 95.9 Å². The van der Waals surface area contributed by atoms with E-state index >= 15 is 0 Å². The first-order valence-electron chi connectivity index (χ1n) is 25.1. The maximum Gasteiger partial charge on any atom is 0.306 e. The van der Waals surface area contributed by atoms with Crippen molar-refractivity contribution in [3.63, 3.8) is 0 Å². The van der Waals surface area contributed by atoms with E-state index in [1.54, 1.807) is 0 Å². The van der Waals surface area contributed by atoms with Crippen LogP contribution in [-0.4, -0.2) is 46.9 Å². The number of rotatable bonds is 42. The fourth-order valence-electron chi connectivity index (χ4n) is 6.78. The number of unbranched alkanes of at least 4 members (excludes halogenated alkanes) is 18. The van der Waals surface area contributed by atoms with Crippen LogP contribution in [0, 0.1) is 0 Å². The largest absolute Gasteiger partial charge is 0.461 e. The first-order chi connectivity index (χ1) is 31.0. The fraction of sp³-hybridized carbons (Fsp3) is 0.579. The van der Waals surface area contributed by atoms with E-state index in [2.05, 4.69) is 44.3 Å². The second-order valence-electron chi connectivity index (χ2n) is 16.4. The highest BCUT2D eigenvalue weighted by molar-refractivity contribution is 5.77. The SMILES string of the molecule is CC\C=C/C=C/C=C/C=C\C=C\C=C\CCCCCC(=O)OC(C/C=C/C=C\C=C/C=C/C=C/CC)CC(=O)NC(CO)C(O)CCCCCCCCCCCCCCCCCC. The Bertz CT molecular complexity index is 1390. The van der Waals surface area contributed by atoms with Gasteiger partial charge in [0.2, 0.25) is 5.91 Å². The molecule has 0 aromatic carbocycles. The Morgan fingerprint density at radius 3 is 1.33 bits per heavy atom. The average molecular weight is 870 g/mol. The quantitative estimate of drug-likeness (QED) is 0.0323. The fourth-order valence-corrected chi connectivity index (χ4v) is 6.78. The highest BCUT2D eigenvalue weighted by Crippen LogP contribution is 2.16. The number of aliphatic hydroxyl groups is 2. The maximum atomic E-state index is 13.2. The van der Waals surface area contributed by atoms with Gasteiger partial charge in [-0.1, -0.05) is 264 Å². The summed E-state index contributed by atoms with van der Waals surface area (Å²) < 4.78 is 5.81. The van der Waals surface area contributed by atoms with E-state index in [1.165, 1.54) is 83.5 Å². The molecule has 63 heavy (non-hydrogen) atoms. The van der Waals surface area contributed by atoms with Crippen LogP contribution >= 0.6 is 0 Å². The Balaban J connectivity index is 4.74. The molecule has 354 valence electrons. The third kappa shape index (κ3) is 44.4. The van der Waals surface area contributed by atoms with Crippen molar-refractivity contribution >= 4 is 11.9 Å². The molecule has 0 radical (unpaired) electrons. The standard InChI is InChI=1S/C57H91NO5/c1-4-7-10-13-16-19-22-24-26-28-30-32-35-38-41-44-47-50-57(62)63-53(48-45-42-39-36-33-21-18-15-12-9-6-3)51-56(61)58-54(52-59)55(60)49-46-43-40-37-34-31-29-27-25-23-20-17-14-11-8-5-2/h7,9-10,12-13,15-16,18-19,21-22,24,26,28,30,32-33,35-36,39,42,45,53-55,59-60H,4-6,8,11,14,17,20,23,25,27,29,31,34,37-38,40-41,43-44,46-52H2,1-3H3,(H,58,61)/b10-7-,12-9+,16-13+,18-15+,22-19+,26-24-,30-28+,33-21-,35-32+,39-36-,45-42+. The minimum Gasteiger partial charge on any atom is -0.461 e. The van der Waals surface area contributed by atoms with Crippen molar-refractivity contribution < 1.29 is 24.5 Å². The van der Waals surface area contributed by atoms with Crippen molar-refractivity contribution in [2.24, 2.45) is 0 Å². The molecule has 6 heteroatoms. The molecule has 1 amide bonds. The lowest BCUT2D eigenvalue weighted by Gasteiger charge is -2.24. The molecule has 3 N–H and O–H groups in total. The summed E-state index contributed by atoms with van der Waals surface area (Å²) in [6.07, 6.45) is 69.6. The van der Waals surface area contributed by atoms with Crippen LogP contribution in [0.5, 0.6) is 0 Å². The van der Waals surface area contributed by atoms with Crippen molar-refractivity contribution in [2.75, 3.05) is 6.61 Å². The molecule has 0 aliphatic rings. The molecule has 6 nitrogen and oxygen atoms in total. The second kappa shape index (κ2) is 49.0. The van der Waals surface area contributed by atoms with Gasteiger partial charge < -0.3 is 20.3 Å². The summed E-state index contributed by atoms with van der Waals surface area (Å²) in [5, 5.41) is 23.7. The number of nitrogens with one attached hydrogen (secondary N) is 1. The molecule has 0 aromatic heterocycles. The molecule has 3 unspecified atom stereocenters. The molecule has 0 saturated carbocycles. The number of carbonyl (C=O) groups is 2. The molecule has 0 aliphatic heterocycles. The monoisotopic (exact) mass is 870 g/mol. The maximum absolute atomic E-state index is 13.2. The molecule has 0 bridgehead atoms. The van der Waals surface area contributed by atoms with E-state index in [0.717, 1.165) is 51.4 Å². The number of hydrogen-bond acceptors (Lipinski definition) is 5. The Hall–Kier alpha value is -4.00. The second-order valence-corrected chi connectivity index (χ2v) is 16.4. The van der Waals surface area contributed by atoms with Gasteiger partial charge in [-0.25, -0.2) is 0 Å². The molecule has 0 fully saturated rings. The number of amides is 1. The van der Waals surface area contributed by atoms with Gasteiger partial charge in [0.05, 0.1) is 25.2 Å². The molecule has 3 atom stereocenters. The van der Waals surface area contributed by atoms with Crippen molar-refractivity contribution in [2.45, 2.75) is 206 Å². The Kier molecular flexibility index (Phi) is 45.9. The van der Waals surface area contributed by atoms with Crippen molar-refractivity contribution in [1.82, 2.24) is 5.32 Å². The Morgan fingerprint density at radius 1 is 0.492 bits per heavy atom. The van der Waals surface area contributed by atoms with E-state index in [9.17, 15) is 19.8 Å². The van der Waals surface area contributed by atoms with Gasteiger partial charge in [-0.2, -0.15) is 0 Å². The van der Waals surface area contributed by atoms with Gasteiger partial charge in [0, 0.05) is 12.8 Å². The predicted octanol–water partition coefficient (Wildman–Crippen LogP) is 15.1. The predicted molar refractivity (Wildman–Crippen MR) is 273 cm³/mol. The summed E-state index contributed by atoms with van der Waals surface area (Å²) in [5.74, 6) is -0.674. The van der Waals surface area contributed by atoms with Gasteiger partial charge in [0.25, 0.3) is 0 Å². The van der Waals surface area contributed by atoms with Gasteiger partial charge >= 0.3 is 5.97 Å². The third-order valence-corrected chi connectivity index (χ3v) is 10.5. The van der Waals surface area contributed by atoms with Crippen molar-refractivity contribution in [3.05, 3.63) is 134 Å². The summed E-state index contributed by atoms with van der Waals surface area (Å²) in [7, 11) is 0. The van der Waals surface area contributed by atoms with Gasteiger partial charge in [-0.15, -0.1) is 0 Å². The van der Waals surface area contributed by atoms with Crippen LogP contribution in [0.25, 0.3) is 0 Å². The summed E-state index contributed by atoms with van der Waals surface area (Å²) >= 11 is 0. The molecular weight excluding hydrogens is 779 g/mol. The number of allylic oxidation sites excluding steroid dienone is 21. The number of esters is 1. The Morgan fingerprint density at radius 2 is 0.889 bits per heavy atom. The van der Waals surface area contributed by atoms with Crippen molar-refractivity contribution in [1.29, 1.82) is 0 Å². The summed E-state index contributed by atoms with van der Waals surface area (Å²) in [4.78, 5) is 26.0. The molecule has 0 saturated heterocycles. The summed E-state index contributed by atoms with van der Waals surface area (Å²) in [5.41, 5.74) is 0. The minimum atomic E-state index is -0.835. The molecule has 0 aliphatic carbocycles. The minimum absolute atomic E-state index is 0.0461. The zero-order valence-corrected chi connectivity index (χ0v) is 40.1. The normalized spacial score (nSPS) is 14.4. The van der Waals surface area contributed by atoms with E-state index in [4.69, 9.17) is 4.74 Å². The van der Waals surface area contributed by atoms with Crippen LogP contribution in [0.2, 0.25) is 0 Å². The molecule has 0 aromatic rings. The number of carbonyl (C=O) groups excluding carboxylic acids is 2. The van der Waals surface area contributed by atoms with Gasteiger partial charge in [0.1, 0.15) is 6.10 Å². The first-order valence-corrected chi connectivity index (χ1v) is 25.1. The molecule has 0 heterocycles. The zero-order chi connectivity index (χ0) is 45.9. The highest BCUT2D eigenvalue weighted by Gasteiger charge is 2.23. The summed E-state index contributed by atoms with van der Waals surface area (Å²) in [6.45, 7) is 6.13. The van der Waals surface area contributed by atoms with Gasteiger partial charge in [0.15, 0.2) is 0 Å². The van der Waals surface area contributed by atoms with E-state index < -0.39 is 18.2 Å². The smallest absolute Gasteiger partial charge is 0.306 e. The van der Waals surface area contributed by atoms with Crippen LogP contribution in [0.1, 0.15) is 188 Å². The van der Waals surface area contributed by atoms with Crippen LogP contribution in [0.15, 0.2) is 134 Å². The molecular formula is C57H91NO5. The highest BCUT2D eigenvalue weighted by atomic mass is 16.5. The lowest BCUT2D eigenvalue weighted by atomic mass is 10.0. The number of aliphatic hydroxyl groups excluding tert-OH is 2. The van der Waals surface area contributed by atoms with Crippen LogP contribution in [0.4, 0.5) is 0 Å². The lowest BCUT2D eigenvalue weighted by Crippen LogP contribution is -2.46. The Labute approximate surface area is 386 Å². The molecule has 0 rings (SSSR count). The van der Waals surface area contributed by atoms with Crippen LogP contribution in [0.3, 0.4) is 0 Å².